The van der Waals surface area contributed by atoms with Crippen LogP contribution in [0.5, 0.6) is 0 Å². The van der Waals surface area contributed by atoms with Crippen LogP contribution >= 0.6 is 23.5 Å². The minimum atomic E-state index is -5.63. The van der Waals surface area contributed by atoms with Crippen molar-refractivity contribution in [1.29, 1.82) is 0 Å². The van der Waals surface area contributed by atoms with E-state index in [1.54, 1.807) is 12.3 Å². The molecule has 24 heavy (non-hydrogen) atoms. The van der Waals surface area contributed by atoms with Crippen molar-refractivity contribution in [3.05, 3.63) is 40.1 Å². The van der Waals surface area contributed by atoms with Crippen LogP contribution in [0, 0.1) is 5.92 Å². The molecule has 2 rings (SSSR count). The summed E-state index contributed by atoms with van der Waals surface area (Å²) < 4.78 is 39.1. The number of alkyl halides is 2. The van der Waals surface area contributed by atoms with Gasteiger partial charge in [0.05, 0.1) is 5.69 Å². The molecule has 0 spiro atoms. The van der Waals surface area contributed by atoms with Gasteiger partial charge in [-0.15, -0.1) is 0 Å². The quantitative estimate of drug-likeness (QED) is 0.613. The zero-order valence-corrected chi connectivity index (χ0v) is 15.6. The second kappa shape index (κ2) is 7.14. The highest BCUT2D eigenvalue weighted by atomic mass is 79.9. The van der Waals surface area contributed by atoms with Gasteiger partial charge in [-0.05, 0) is 36.0 Å². The SMILES string of the molecule is CC(C)CNCc1cc2cc(C(F)(F)P(=O)(O)O)c(Br)cc2cn1. The van der Waals surface area contributed by atoms with E-state index in [9.17, 15) is 13.3 Å². The summed E-state index contributed by atoms with van der Waals surface area (Å²) in [6.45, 7) is 5.40. The van der Waals surface area contributed by atoms with E-state index in [-0.39, 0.29) is 4.47 Å². The number of pyridine rings is 1. The highest BCUT2D eigenvalue weighted by Gasteiger charge is 2.51. The Bertz CT molecular complexity index is 796. The highest BCUT2D eigenvalue weighted by Crippen LogP contribution is 2.60. The van der Waals surface area contributed by atoms with E-state index in [1.807, 2.05) is 0 Å². The van der Waals surface area contributed by atoms with E-state index in [2.05, 4.69) is 40.1 Å². The standard InChI is InChI=1S/C15H18BrF2N2O3P/c1-9(2)6-19-8-12-3-10-4-13(15(17,18)24(21,22)23)14(16)5-11(10)7-20-12/h3-5,7,9,19H,6,8H2,1-2H3,(H2,21,22,23). The molecule has 2 aromatic rings. The molecule has 0 radical (unpaired) electrons. The summed E-state index contributed by atoms with van der Waals surface area (Å²) in [5.41, 5.74) is -4.34. The number of nitrogens with one attached hydrogen (secondary N) is 1. The Labute approximate surface area is 146 Å². The molecule has 5 nitrogen and oxygen atoms in total. The molecule has 9 heteroatoms. The molecule has 0 fully saturated rings. The summed E-state index contributed by atoms with van der Waals surface area (Å²) in [5, 5.41) is 4.24. The lowest BCUT2D eigenvalue weighted by molar-refractivity contribution is 0.0559. The maximum absolute atomic E-state index is 14.0. The molecule has 1 heterocycles. The Morgan fingerprint density at radius 3 is 2.54 bits per heavy atom. The third-order valence-electron chi connectivity index (χ3n) is 3.41. The van der Waals surface area contributed by atoms with Crippen molar-refractivity contribution >= 4 is 34.3 Å². The van der Waals surface area contributed by atoms with Crippen LogP contribution in [0.15, 0.2) is 28.9 Å². The van der Waals surface area contributed by atoms with Gasteiger partial charge in [-0.1, -0.05) is 29.8 Å². The number of hydrogen-bond donors (Lipinski definition) is 3. The molecule has 3 N–H and O–H groups in total. The Morgan fingerprint density at radius 1 is 1.29 bits per heavy atom. The van der Waals surface area contributed by atoms with Crippen LogP contribution < -0.4 is 5.32 Å². The van der Waals surface area contributed by atoms with Crippen LogP contribution in [0.1, 0.15) is 25.1 Å². The van der Waals surface area contributed by atoms with Crippen molar-refractivity contribution in [3.63, 3.8) is 0 Å². The zero-order chi connectivity index (χ0) is 18.1. The zero-order valence-electron chi connectivity index (χ0n) is 13.1. The molecule has 0 aliphatic heterocycles. The summed E-state index contributed by atoms with van der Waals surface area (Å²) in [7, 11) is -5.63. The van der Waals surface area contributed by atoms with E-state index in [0.717, 1.165) is 12.6 Å². The average Bonchev–Trinajstić information content (AvgIpc) is 2.45. The summed E-state index contributed by atoms with van der Waals surface area (Å²) in [5.74, 6) is 0.468. The van der Waals surface area contributed by atoms with E-state index in [4.69, 9.17) is 9.79 Å². The van der Waals surface area contributed by atoms with E-state index in [0.29, 0.717) is 28.9 Å². The third-order valence-corrected chi connectivity index (χ3v) is 5.04. The van der Waals surface area contributed by atoms with Gasteiger partial charge in [-0.25, -0.2) is 0 Å². The fourth-order valence-electron chi connectivity index (χ4n) is 2.18. The number of rotatable bonds is 6. The van der Waals surface area contributed by atoms with Crippen molar-refractivity contribution in [3.8, 4) is 0 Å². The van der Waals surface area contributed by atoms with E-state index < -0.39 is 18.8 Å². The first kappa shape index (κ1) is 19.4. The summed E-state index contributed by atoms with van der Waals surface area (Å²) in [6.07, 6.45) is 1.55. The third kappa shape index (κ3) is 4.18. The number of benzene rings is 1. The van der Waals surface area contributed by atoms with Crippen molar-refractivity contribution in [2.24, 2.45) is 5.92 Å². The van der Waals surface area contributed by atoms with Gasteiger partial charge < -0.3 is 15.1 Å². The normalized spacial score (nSPS) is 13.0. The Hall–Kier alpha value is -0.920. The van der Waals surface area contributed by atoms with Crippen molar-refractivity contribution in [1.82, 2.24) is 10.3 Å². The molecule has 0 atom stereocenters. The smallest absolute Gasteiger partial charge is 0.320 e. The predicted octanol–water partition coefficient (Wildman–Crippen LogP) is 3.97. The van der Waals surface area contributed by atoms with Crippen molar-refractivity contribution in [2.45, 2.75) is 26.1 Å². The van der Waals surface area contributed by atoms with E-state index >= 15 is 0 Å². The molecule has 0 amide bonds. The van der Waals surface area contributed by atoms with Crippen molar-refractivity contribution in [2.75, 3.05) is 6.54 Å². The maximum Gasteiger partial charge on any atom is 0.399 e. The van der Waals surface area contributed by atoms with Crippen LogP contribution in [0.3, 0.4) is 0 Å². The average molecular weight is 423 g/mol. The van der Waals surface area contributed by atoms with Gasteiger partial charge in [-0.2, -0.15) is 8.78 Å². The number of hydrogen-bond acceptors (Lipinski definition) is 3. The largest absolute Gasteiger partial charge is 0.399 e. The molecular weight excluding hydrogens is 405 g/mol. The number of fused-ring (bicyclic) bond motifs is 1. The van der Waals surface area contributed by atoms with Crippen LogP contribution in [-0.2, 0) is 16.8 Å². The number of nitrogens with zero attached hydrogens (tertiary/aromatic N) is 1. The molecule has 0 aliphatic carbocycles. The highest BCUT2D eigenvalue weighted by molar-refractivity contribution is 9.10. The summed E-state index contributed by atoms with van der Waals surface area (Å²) in [4.78, 5) is 22.1. The lowest BCUT2D eigenvalue weighted by atomic mass is 10.1. The second-order valence-electron chi connectivity index (χ2n) is 5.96. The molecule has 0 saturated carbocycles. The molecule has 0 bridgehead atoms. The minimum absolute atomic E-state index is 0.0733. The van der Waals surface area contributed by atoms with Gasteiger partial charge in [0.25, 0.3) is 0 Å². The van der Waals surface area contributed by atoms with Gasteiger partial charge in [0.1, 0.15) is 0 Å². The van der Waals surface area contributed by atoms with E-state index in [1.165, 1.54) is 6.07 Å². The lowest BCUT2D eigenvalue weighted by Gasteiger charge is -2.20. The maximum atomic E-state index is 14.0. The molecule has 132 valence electrons. The summed E-state index contributed by atoms with van der Waals surface area (Å²) >= 11 is 2.96. The monoisotopic (exact) mass is 422 g/mol. The van der Waals surface area contributed by atoms with Crippen LogP contribution in [0.25, 0.3) is 10.8 Å². The van der Waals surface area contributed by atoms with Crippen LogP contribution in [-0.4, -0.2) is 21.3 Å². The molecule has 1 aromatic carbocycles. The Kier molecular flexibility index (Phi) is 5.77. The van der Waals surface area contributed by atoms with Gasteiger partial charge in [-0.3, -0.25) is 9.55 Å². The first-order chi connectivity index (χ1) is 11.0. The molecule has 0 aliphatic rings. The fraction of sp³-hybridized carbons (Fsp3) is 0.400. The van der Waals surface area contributed by atoms with Crippen molar-refractivity contribution < 1.29 is 23.1 Å². The number of halogens is 3. The van der Waals surface area contributed by atoms with Crippen LogP contribution in [0.4, 0.5) is 8.78 Å². The first-order valence-corrected chi connectivity index (χ1v) is 9.65. The Morgan fingerprint density at radius 2 is 1.96 bits per heavy atom. The predicted molar refractivity (Wildman–Crippen MR) is 91.9 cm³/mol. The molecule has 0 unspecified atom stereocenters. The minimum Gasteiger partial charge on any atom is -0.320 e. The topological polar surface area (TPSA) is 82.5 Å². The molecular formula is C15H18BrF2N2O3P. The number of aromatic nitrogens is 1. The van der Waals surface area contributed by atoms with Gasteiger partial charge >= 0.3 is 13.3 Å². The summed E-state index contributed by atoms with van der Waals surface area (Å²) in [6, 6.07) is 4.10. The fourth-order valence-corrected chi connectivity index (χ4v) is 3.45. The lowest BCUT2D eigenvalue weighted by Crippen LogP contribution is -2.19. The second-order valence-corrected chi connectivity index (χ2v) is 8.47. The van der Waals surface area contributed by atoms with Crippen LogP contribution in [0.2, 0.25) is 0 Å². The van der Waals surface area contributed by atoms with Gasteiger partial charge in [0.15, 0.2) is 0 Å². The van der Waals surface area contributed by atoms with Gasteiger partial charge in [0.2, 0.25) is 0 Å². The molecule has 0 saturated heterocycles. The van der Waals surface area contributed by atoms with Gasteiger partial charge in [0, 0.05) is 28.2 Å². The molecule has 1 aromatic heterocycles. The first-order valence-electron chi connectivity index (χ1n) is 7.25. The Balaban J connectivity index is 2.42.